The van der Waals surface area contributed by atoms with E-state index in [9.17, 15) is 9.59 Å². The highest BCUT2D eigenvalue weighted by molar-refractivity contribution is 5.96. The highest BCUT2D eigenvalue weighted by Gasteiger charge is 2.37. The SMILES string of the molecule is CNC(=O)C1CN([C@H](C)C(=O)Nc2cc(OC)ccc2OC)C1. The van der Waals surface area contributed by atoms with Crippen molar-refractivity contribution in [3.05, 3.63) is 18.2 Å². The second-order valence-electron chi connectivity index (χ2n) is 5.50. The molecule has 7 heteroatoms. The zero-order chi connectivity index (χ0) is 17.0. The van der Waals surface area contributed by atoms with Crippen molar-refractivity contribution in [2.75, 3.05) is 39.7 Å². The van der Waals surface area contributed by atoms with Gasteiger partial charge in [-0.15, -0.1) is 0 Å². The minimum atomic E-state index is -0.327. The Hall–Kier alpha value is -2.28. The van der Waals surface area contributed by atoms with Gasteiger partial charge in [-0.25, -0.2) is 0 Å². The van der Waals surface area contributed by atoms with Crippen LogP contribution in [0.4, 0.5) is 5.69 Å². The van der Waals surface area contributed by atoms with Crippen LogP contribution in [0, 0.1) is 5.92 Å². The van der Waals surface area contributed by atoms with E-state index in [1.165, 1.54) is 0 Å². The molecule has 1 aliphatic heterocycles. The van der Waals surface area contributed by atoms with Crippen molar-refractivity contribution >= 4 is 17.5 Å². The lowest BCUT2D eigenvalue weighted by molar-refractivity contribution is -0.134. The number of carbonyl (C=O) groups is 2. The number of carbonyl (C=O) groups excluding carboxylic acids is 2. The van der Waals surface area contributed by atoms with Crippen LogP contribution in [-0.2, 0) is 9.59 Å². The van der Waals surface area contributed by atoms with Crippen LogP contribution in [0.3, 0.4) is 0 Å². The Morgan fingerprint density at radius 3 is 2.52 bits per heavy atom. The summed E-state index contributed by atoms with van der Waals surface area (Å²) in [5.41, 5.74) is 0.562. The number of anilines is 1. The maximum Gasteiger partial charge on any atom is 0.241 e. The Morgan fingerprint density at radius 2 is 1.96 bits per heavy atom. The number of likely N-dealkylation sites (tertiary alicyclic amines) is 1. The van der Waals surface area contributed by atoms with E-state index >= 15 is 0 Å². The number of methoxy groups -OCH3 is 2. The zero-order valence-corrected chi connectivity index (χ0v) is 13.9. The summed E-state index contributed by atoms with van der Waals surface area (Å²) < 4.78 is 10.4. The summed E-state index contributed by atoms with van der Waals surface area (Å²) in [4.78, 5) is 25.9. The average Bonchev–Trinajstić information content (AvgIpc) is 2.52. The molecule has 2 N–H and O–H groups in total. The van der Waals surface area contributed by atoms with Crippen molar-refractivity contribution < 1.29 is 19.1 Å². The van der Waals surface area contributed by atoms with Crippen molar-refractivity contribution in [2.24, 2.45) is 5.92 Å². The minimum Gasteiger partial charge on any atom is -0.497 e. The molecule has 23 heavy (non-hydrogen) atoms. The molecule has 0 aliphatic carbocycles. The van der Waals surface area contributed by atoms with Crippen LogP contribution in [0.15, 0.2) is 18.2 Å². The molecule has 0 unspecified atom stereocenters. The largest absolute Gasteiger partial charge is 0.497 e. The van der Waals surface area contributed by atoms with E-state index in [1.54, 1.807) is 39.5 Å². The standard InChI is InChI=1S/C16H23N3O4/c1-10(19-8-11(9-19)16(21)17-2)15(20)18-13-7-12(22-3)5-6-14(13)23-4/h5-7,10-11H,8-9H2,1-4H3,(H,17,21)(H,18,20)/t10-/m1/s1. The van der Waals surface area contributed by atoms with Crippen LogP contribution in [0.5, 0.6) is 11.5 Å². The third-order valence-electron chi connectivity index (χ3n) is 4.12. The number of ether oxygens (including phenoxy) is 2. The molecule has 7 nitrogen and oxygen atoms in total. The first-order chi connectivity index (χ1) is 11.0. The molecule has 2 rings (SSSR count). The number of nitrogens with one attached hydrogen (secondary N) is 2. The lowest BCUT2D eigenvalue weighted by atomic mass is 9.97. The van der Waals surface area contributed by atoms with Crippen LogP contribution in [-0.4, -0.2) is 57.1 Å². The number of nitrogens with zero attached hydrogens (tertiary/aromatic N) is 1. The van der Waals surface area contributed by atoms with Gasteiger partial charge in [0.25, 0.3) is 0 Å². The van der Waals surface area contributed by atoms with E-state index in [1.807, 2.05) is 11.8 Å². The fourth-order valence-electron chi connectivity index (χ4n) is 2.51. The first-order valence-electron chi connectivity index (χ1n) is 7.48. The van der Waals surface area contributed by atoms with Crippen LogP contribution in [0.1, 0.15) is 6.92 Å². The van der Waals surface area contributed by atoms with Crippen LogP contribution >= 0.6 is 0 Å². The number of hydrogen-bond donors (Lipinski definition) is 2. The first kappa shape index (κ1) is 17.1. The molecule has 0 radical (unpaired) electrons. The van der Waals surface area contributed by atoms with E-state index < -0.39 is 0 Å². The van der Waals surface area contributed by atoms with Gasteiger partial charge in [0, 0.05) is 26.2 Å². The van der Waals surface area contributed by atoms with Crippen molar-refractivity contribution in [1.29, 1.82) is 0 Å². The van der Waals surface area contributed by atoms with Gasteiger partial charge in [0.15, 0.2) is 0 Å². The maximum absolute atomic E-state index is 12.4. The fraction of sp³-hybridized carbons (Fsp3) is 0.500. The third kappa shape index (κ3) is 3.73. The smallest absolute Gasteiger partial charge is 0.241 e. The summed E-state index contributed by atoms with van der Waals surface area (Å²) in [6.07, 6.45) is 0. The monoisotopic (exact) mass is 321 g/mol. The molecule has 1 heterocycles. The molecule has 1 saturated heterocycles. The zero-order valence-electron chi connectivity index (χ0n) is 13.9. The highest BCUT2D eigenvalue weighted by atomic mass is 16.5. The molecule has 2 amide bonds. The molecule has 1 aromatic carbocycles. The van der Waals surface area contributed by atoms with Crippen molar-refractivity contribution in [3.8, 4) is 11.5 Å². The topological polar surface area (TPSA) is 79.9 Å². The number of benzene rings is 1. The quantitative estimate of drug-likeness (QED) is 0.806. The van der Waals surface area contributed by atoms with Crippen LogP contribution in [0.2, 0.25) is 0 Å². The molecule has 1 aliphatic rings. The van der Waals surface area contributed by atoms with E-state index in [0.29, 0.717) is 30.3 Å². The van der Waals surface area contributed by atoms with Gasteiger partial charge in [-0.3, -0.25) is 14.5 Å². The molecule has 1 fully saturated rings. The molecule has 0 aromatic heterocycles. The summed E-state index contributed by atoms with van der Waals surface area (Å²) in [5, 5.41) is 5.48. The Kier molecular flexibility index (Phi) is 5.44. The Bertz CT molecular complexity index is 585. The second-order valence-corrected chi connectivity index (χ2v) is 5.50. The molecule has 0 bridgehead atoms. The average molecular weight is 321 g/mol. The van der Waals surface area contributed by atoms with E-state index in [-0.39, 0.29) is 23.8 Å². The van der Waals surface area contributed by atoms with Gasteiger partial charge in [-0.1, -0.05) is 0 Å². The summed E-state index contributed by atoms with van der Waals surface area (Å²) in [6, 6.07) is 4.89. The minimum absolute atomic E-state index is 0.0170. The molecule has 0 saturated carbocycles. The first-order valence-corrected chi connectivity index (χ1v) is 7.48. The van der Waals surface area contributed by atoms with Crippen LogP contribution < -0.4 is 20.1 Å². The number of rotatable bonds is 6. The molecule has 1 atom stereocenters. The predicted molar refractivity (Wildman–Crippen MR) is 86.8 cm³/mol. The van der Waals surface area contributed by atoms with E-state index in [0.717, 1.165) is 0 Å². The summed E-state index contributed by atoms with van der Waals surface area (Å²) >= 11 is 0. The van der Waals surface area contributed by atoms with Gasteiger partial charge in [0.1, 0.15) is 11.5 Å². The summed E-state index contributed by atoms with van der Waals surface area (Å²) in [7, 11) is 4.73. The Balaban J connectivity index is 1.98. The Morgan fingerprint density at radius 1 is 1.26 bits per heavy atom. The number of hydrogen-bond acceptors (Lipinski definition) is 5. The van der Waals surface area contributed by atoms with Crippen LogP contribution in [0.25, 0.3) is 0 Å². The van der Waals surface area contributed by atoms with Gasteiger partial charge >= 0.3 is 0 Å². The molecule has 1 aromatic rings. The fourth-order valence-corrected chi connectivity index (χ4v) is 2.51. The molecular formula is C16H23N3O4. The second kappa shape index (κ2) is 7.32. The maximum atomic E-state index is 12.4. The lowest BCUT2D eigenvalue weighted by Gasteiger charge is -2.41. The lowest BCUT2D eigenvalue weighted by Crippen LogP contribution is -2.58. The van der Waals surface area contributed by atoms with Crippen molar-refractivity contribution in [3.63, 3.8) is 0 Å². The van der Waals surface area contributed by atoms with Gasteiger partial charge in [-0.05, 0) is 19.1 Å². The highest BCUT2D eigenvalue weighted by Crippen LogP contribution is 2.29. The van der Waals surface area contributed by atoms with Crippen molar-refractivity contribution in [1.82, 2.24) is 10.2 Å². The Labute approximate surface area is 135 Å². The van der Waals surface area contributed by atoms with Crippen molar-refractivity contribution in [2.45, 2.75) is 13.0 Å². The summed E-state index contributed by atoms with van der Waals surface area (Å²) in [5.74, 6) is 1.03. The van der Waals surface area contributed by atoms with Gasteiger partial charge in [0.05, 0.1) is 31.9 Å². The predicted octanol–water partition coefficient (Wildman–Crippen LogP) is 0.709. The molecule has 0 spiro atoms. The van der Waals surface area contributed by atoms with E-state index in [4.69, 9.17) is 9.47 Å². The third-order valence-corrected chi connectivity index (χ3v) is 4.12. The summed E-state index contributed by atoms with van der Waals surface area (Å²) in [6.45, 7) is 3.00. The normalized spacial score (nSPS) is 16.2. The molecule has 126 valence electrons. The van der Waals surface area contributed by atoms with Gasteiger partial charge in [0.2, 0.25) is 11.8 Å². The number of amides is 2. The molecular weight excluding hydrogens is 298 g/mol. The van der Waals surface area contributed by atoms with Gasteiger partial charge in [-0.2, -0.15) is 0 Å². The van der Waals surface area contributed by atoms with Gasteiger partial charge < -0.3 is 20.1 Å². The van der Waals surface area contributed by atoms with E-state index in [2.05, 4.69) is 10.6 Å².